The summed E-state index contributed by atoms with van der Waals surface area (Å²) in [5.41, 5.74) is 4.98. The maximum atomic E-state index is 5.84. The fourth-order valence-electron chi connectivity index (χ4n) is 2.70. The van der Waals surface area contributed by atoms with E-state index in [1.807, 2.05) is 14.1 Å². The number of nitrogens with one attached hydrogen (secondary N) is 2. The van der Waals surface area contributed by atoms with E-state index in [1.165, 1.54) is 22.1 Å². The summed E-state index contributed by atoms with van der Waals surface area (Å²) in [6.07, 6.45) is 0. The average Bonchev–Trinajstić information content (AvgIpc) is 2.52. The number of benzene rings is 2. The van der Waals surface area contributed by atoms with Crippen LogP contribution in [-0.4, -0.2) is 28.1 Å². The van der Waals surface area contributed by atoms with Crippen LogP contribution in [0.1, 0.15) is 11.1 Å². The molecular weight excluding hydrogens is 259 g/mol. The standard InChI is InChI=1S/C17H23BN2O/c1-19-12-14-8-4-6-10-16(14)18(21-3)17-11-7-5-9-15(17)13-20-2/h4-11,19-20H,12-13H2,1-3H3. The Morgan fingerprint density at radius 1 is 0.810 bits per heavy atom. The highest BCUT2D eigenvalue weighted by Crippen LogP contribution is 2.04. The number of hydrogen-bond donors (Lipinski definition) is 2. The van der Waals surface area contributed by atoms with Gasteiger partial charge < -0.3 is 15.3 Å². The third-order valence-corrected chi connectivity index (χ3v) is 3.65. The molecule has 0 bridgehead atoms. The lowest BCUT2D eigenvalue weighted by atomic mass is 9.53. The lowest BCUT2D eigenvalue weighted by molar-refractivity contribution is 0.438. The summed E-state index contributed by atoms with van der Waals surface area (Å²) in [6.45, 7) is 1.63. The predicted octanol–water partition coefficient (Wildman–Crippen LogP) is 0.877. The minimum absolute atomic E-state index is 0.0425. The van der Waals surface area contributed by atoms with Gasteiger partial charge in [-0.05, 0) is 36.1 Å². The van der Waals surface area contributed by atoms with E-state index in [9.17, 15) is 0 Å². The van der Waals surface area contributed by atoms with Crippen LogP contribution >= 0.6 is 0 Å². The molecule has 0 fully saturated rings. The van der Waals surface area contributed by atoms with Crippen LogP contribution in [0.2, 0.25) is 0 Å². The summed E-state index contributed by atoms with van der Waals surface area (Å²) in [7, 11) is 5.71. The Hall–Kier alpha value is -1.62. The predicted molar refractivity (Wildman–Crippen MR) is 90.4 cm³/mol. The molecule has 0 unspecified atom stereocenters. The highest BCUT2D eigenvalue weighted by atomic mass is 16.4. The van der Waals surface area contributed by atoms with Crippen LogP contribution in [0.3, 0.4) is 0 Å². The second-order valence-corrected chi connectivity index (χ2v) is 5.07. The van der Waals surface area contributed by atoms with Crippen molar-refractivity contribution in [3.05, 3.63) is 59.7 Å². The molecule has 0 saturated heterocycles. The average molecular weight is 282 g/mol. The summed E-state index contributed by atoms with van der Waals surface area (Å²) in [6, 6.07) is 16.9. The van der Waals surface area contributed by atoms with E-state index in [-0.39, 0.29) is 6.92 Å². The molecule has 4 heteroatoms. The summed E-state index contributed by atoms with van der Waals surface area (Å²) in [5.74, 6) is 0. The van der Waals surface area contributed by atoms with Crippen LogP contribution in [0, 0.1) is 0 Å². The van der Waals surface area contributed by atoms with Gasteiger partial charge in [0.1, 0.15) is 0 Å². The molecule has 2 N–H and O–H groups in total. The van der Waals surface area contributed by atoms with Crippen molar-refractivity contribution in [2.24, 2.45) is 0 Å². The fraction of sp³-hybridized carbons (Fsp3) is 0.294. The molecule has 0 saturated carbocycles. The molecular formula is C17H23BN2O. The van der Waals surface area contributed by atoms with Gasteiger partial charge in [-0.25, -0.2) is 0 Å². The van der Waals surface area contributed by atoms with Gasteiger partial charge in [-0.2, -0.15) is 0 Å². The lowest BCUT2D eigenvalue weighted by Gasteiger charge is -2.19. The first-order valence-electron chi connectivity index (χ1n) is 7.29. The molecule has 0 amide bonds. The first kappa shape index (κ1) is 15.8. The molecule has 0 atom stereocenters. The molecule has 0 aliphatic rings. The molecule has 2 aromatic rings. The zero-order valence-electron chi connectivity index (χ0n) is 13.0. The van der Waals surface area contributed by atoms with E-state index in [1.54, 1.807) is 7.11 Å². The Balaban J connectivity index is 2.45. The fourth-order valence-corrected chi connectivity index (χ4v) is 2.70. The van der Waals surface area contributed by atoms with Crippen molar-refractivity contribution in [2.75, 3.05) is 21.2 Å². The quantitative estimate of drug-likeness (QED) is 0.740. The van der Waals surface area contributed by atoms with Crippen LogP contribution in [0.4, 0.5) is 0 Å². The molecule has 0 aliphatic heterocycles. The first-order valence-corrected chi connectivity index (χ1v) is 7.29. The van der Waals surface area contributed by atoms with Crippen molar-refractivity contribution in [3.63, 3.8) is 0 Å². The SMILES string of the molecule is CNCc1ccccc1B(OC)c1ccccc1CNC. The van der Waals surface area contributed by atoms with Crippen LogP contribution in [0.15, 0.2) is 48.5 Å². The van der Waals surface area contributed by atoms with E-state index in [0.29, 0.717) is 0 Å². The van der Waals surface area contributed by atoms with Crippen LogP contribution in [-0.2, 0) is 17.7 Å². The first-order chi connectivity index (χ1) is 10.3. The molecule has 0 spiro atoms. The van der Waals surface area contributed by atoms with E-state index in [0.717, 1.165) is 13.1 Å². The minimum Gasteiger partial charge on any atom is -0.430 e. The molecule has 21 heavy (non-hydrogen) atoms. The summed E-state index contributed by atoms with van der Waals surface area (Å²) in [5, 5.41) is 6.45. The second kappa shape index (κ2) is 7.98. The van der Waals surface area contributed by atoms with Crippen molar-refractivity contribution in [1.29, 1.82) is 0 Å². The maximum absolute atomic E-state index is 5.84. The van der Waals surface area contributed by atoms with Gasteiger partial charge in [0, 0.05) is 20.2 Å². The Labute approximate surface area is 127 Å². The Morgan fingerprint density at radius 3 is 1.62 bits per heavy atom. The van der Waals surface area contributed by atoms with Crippen LogP contribution in [0.25, 0.3) is 0 Å². The van der Waals surface area contributed by atoms with Gasteiger partial charge in [0.15, 0.2) is 0 Å². The topological polar surface area (TPSA) is 33.3 Å². The molecule has 0 aromatic heterocycles. The highest BCUT2D eigenvalue weighted by Gasteiger charge is 2.24. The van der Waals surface area contributed by atoms with E-state index < -0.39 is 0 Å². The third kappa shape index (κ3) is 3.73. The van der Waals surface area contributed by atoms with Crippen molar-refractivity contribution >= 4 is 17.8 Å². The monoisotopic (exact) mass is 282 g/mol. The molecule has 2 rings (SSSR count). The van der Waals surface area contributed by atoms with E-state index >= 15 is 0 Å². The van der Waals surface area contributed by atoms with Crippen LogP contribution < -0.4 is 21.6 Å². The van der Waals surface area contributed by atoms with Gasteiger partial charge in [-0.1, -0.05) is 48.5 Å². The Kier molecular flexibility index (Phi) is 5.99. The normalized spacial score (nSPS) is 10.6. The zero-order valence-corrected chi connectivity index (χ0v) is 13.0. The molecule has 3 nitrogen and oxygen atoms in total. The molecule has 2 aromatic carbocycles. The van der Waals surface area contributed by atoms with E-state index in [4.69, 9.17) is 4.65 Å². The third-order valence-electron chi connectivity index (χ3n) is 3.65. The lowest BCUT2D eigenvalue weighted by Crippen LogP contribution is -2.48. The van der Waals surface area contributed by atoms with Gasteiger partial charge in [0.2, 0.25) is 0 Å². The molecule has 0 aliphatic carbocycles. The second-order valence-electron chi connectivity index (χ2n) is 5.07. The molecule has 0 heterocycles. The Morgan fingerprint density at radius 2 is 1.24 bits per heavy atom. The smallest absolute Gasteiger partial charge is 0.362 e. The van der Waals surface area contributed by atoms with Crippen molar-refractivity contribution < 1.29 is 4.65 Å². The molecule has 110 valence electrons. The zero-order chi connectivity index (χ0) is 15.1. The van der Waals surface area contributed by atoms with Gasteiger partial charge in [-0.3, -0.25) is 0 Å². The largest absolute Gasteiger partial charge is 0.430 e. The van der Waals surface area contributed by atoms with Crippen LogP contribution in [0.5, 0.6) is 0 Å². The van der Waals surface area contributed by atoms with Gasteiger partial charge in [-0.15, -0.1) is 0 Å². The van der Waals surface area contributed by atoms with E-state index in [2.05, 4.69) is 59.2 Å². The van der Waals surface area contributed by atoms with Crippen molar-refractivity contribution in [1.82, 2.24) is 10.6 Å². The maximum Gasteiger partial charge on any atom is 0.362 e. The summed E-state index contributed by atoms with van der Waals surface area (Å²) >= 11 is 0. The number of hydrogen-bond acceptors (Lipinski definition) is 3. The van der Waals surface area contributed by atoms with Gasteiger partial charge in [0.25, 0.3) is 0 Å². The van der Waals surface area contributed by atoms with Gasteiger partial charge >= 0.3 is 6.92 Å². The minimum atomic E-state index is -0.0425. The summed E-state index contributed by atoms with van der Waals surface area (Å²) in [4.78, 5) is 0. The van der Waals surface area contributed by atoms with Crippen molar-refractivity contribution in [3.8, 4) is 0 Å². The molecule has 0 radical (unpaired) electrons. The summed E-state index contributed by atoms with van der Waals surface area (Å²) < 4.78 is 5.84. The van der Waals surface area contributed by atoms with Crippen molar-refractivity contribution in [2.45, 2.75) is 13.1 Å². The number of rotatable bonds is 7. The Bertz CT molecular complexity index is 525. The highest BCUT2D eigenvalue weighted by molar-refractivity contribution is 6.80. The van der Waals surface area contributed by atoms with Gasteiger partial charge in [0.05, 0.1) is 0 Å².